The molecule has 0 aromatic rings. The third-order valence-corrected chi connectivity index (χ3v) is 21.0. The molecule has 3 unspecified atom stereocenters. The van der Waals surface area contributed by atoms with Crippen molar-refractivity contribution >= 4 is 39.5 Å². The summed E-state index contributed by atoms with van der Waals surface area (Å²) in [5.41, 5.74) is 0. The molecule has 0 rings (SSSR count). The average molecular weight is 1450 g/mol. The molecule has 6 atom stereocenters. The van der Waals surface area contributed by atoms with Crippen LogP contribution in [-0.4, -0.2) is 96.7 Å². The van der Waals surface area contributed by atoms with Gasteiger partial charge in [-0.3, -0.25) is 37.3 Å². The second-order valence-electron chi connectivity index (χ2n) is 29.5. The van der Waals surface area contributed by atoms with Crippen LogP contribution in [0.5, 0.6) is 0 Å². The molecule has 588 valence electrons. The van der Waals surface area contributed by atoms with Gasteiger partial charge in [0, 0.05) is 25.7 Å². The van der Waals surface area contributed by atoms with Gasteiger partial charge in [0.05, 0.1) is 26.4 Å². The summed E-state index contributed by atoms with van der Waals surface area (Å²) < 4.78 is 68.4. The number of phosphoric ester groups is 2. The van der Waals surface area contributed by atoms with Crippen LogP contribution in [0.1, 0.15) is 420 Å². The van der Waals surface area contributed by atoms with Crippen molar-refractivity contribution in [2.45, 2.75) is 439 Å². The van der Waals surface area contributed by atoms with Crippen LogP contribution in [0.3, 0.4) is 0 Å². The van der Waals surface area contributed by atoms with Crippen molar-refractivity contribution in [3.63, 3.8) is 0 Å². The number of hydrogen-bond donors (Lipinski definition) is 3. The number of carbonyl (C=O) groups excluding carboxylic acids is 4. The Kier molecular flexibility index (Phi) is 70.3. The number of ether oxygens (including phenoxy) is 4. The predicted octanol–water partition coefficient (Wildman–Crippen LogP) is 23.9. The Balaban J connectivity index is 5.12. The summed E-state index contributed by atoms with van der Waals surface area (Å²) in [7, 11) is -9.91. The van der Waals surface area contributed by atoms with Crippen molar-refractivity contribution in [1.82, 2.24) is 0 Å². The molecule has 0 aliphatic rings. The summed E-state index contributed by atoms with van der Waals surface area (Å²) >= 11 is 0. The molecule has 0 radical (unpaired) electrons. The van der Waals surface area contributed by atoms with E-state index in [1.165, 1.54) is 231 Å². The van der Waals surface area contributed by atoms with E-state index >= 15 is 0 Å². The van der Waals surface area contributed by atoms with Gasteiger partial charge in [-0.25, -0.2) is 9.13 Å². The highest BCUT2D eigenvalue weighted by molar-refractivity contribution is 7.47. The second kappa shape index (κ2) is 71.7. The van der Waals surface area contributed by atoms with E-state index in [-0.39, 0.29) is 25.7 Å². The fourth-order valence-corrected chi connectivity index (χ4v) is 13.9. The van der Waals surface area contributed by atoms with E-state index in [1.54, 1.807) is 0 Å². The highest BCUT2D eigenvalue weighted by Crippen LogP contribution is 2.45. The van der Waals surface area contributed by atoms with E-state index in [9.17, 15) is 43.2 Å². The van der Waals surface area contributed by atoms with Crippen LogP contribution in [0.2, 0.25) is 0 Å². The number of aliphatic hydroxyl groups is 1. The van der Waals surface area contributed by atoms with E-state index in [2.05, 4.69) is 41.5 Å². The van der Waals surface area contributed by atoms with Gasteiger partial charge >= 0.3 is 39.5 Å². The van der Waals surface area contributed by atoms with Gasteiger partial charge < -0.3 is 33.8 Å². The van der Waals surface area contributed by atoms with Crippen LogP contribution >= 0.6 is 15.6 Å². The summed E-state index contributed by atoms with van der Waals surface area (Å²) in [6.07, 6.45) is 61.5. The molecule has 17 nitrogen and oxygen atoms in total. The maximum atomic E-state index is 13.1. The smallest absolute Gasteiger partial charge is 0.462 e. The van der Waals surface area contributed by atoms with Gasteiger partial charge in [-0.1, -0.05) is 369 Å². The summed E-state index contributed by atoms with van der Waals surface area (Å²) in [5.74, 6) is -0.499. The second-order valence-corrected chi connectivity index (χ2v) is 32.4. The van der Waals surface area contributed by atoms with Crippen molar-refractivity contribution in [2.75, 3.05) is 39.6 Å². The molecule has 0 spiro atoms. The first-order valence-electron chi connectivity index (χ1n) is 41.5. The molecule has 19 heteroatoms. The third kappa shape index (κ3) is 72.8. The molecule has 0 aromatic heterocycles. The first-order chi connectivity index (χ1) is 47.9. The van der Waals surface area contributed by atoms with Crippen LogP contribution in [0.4, 0.5) is 0 Å². The molecule has 0 aliphatic carbocycles. The molecule has 0 saturated carbocycles. The number of hydrogen-bond acceptors (Lipinski definition) is 15. The summed E-state index contributed by atoms with van der Waals surface area (Å²) in [5, 5.41) is 10.6. The molecule has 0 saturated heterocycles. The zero-order chi connectivity index (χ0) is 72.8. The standard InChI is InChI=1S/C80H156O17P2/c1-7-10-12-14-15-16-17-18-19-20-21-25-28-31-34-40-45-51-57-63-78(83)91-69-76(97-80(85)64-58-52-46-41-35-32-29-26-23-22-24-27-30-33-38-43-49-54-60-72(4)5)71-95-99(88,89)93-67-74(81)66-92-98(86,87)94-70-75(68-90-77(82)62-56-48-13-11-8-2)96-79(84)65-59-53-47-42-37-36-39-44-50-55-61-73(6)9-3/h72-76,81H,7-71H2,1-6H3,(H,86,87)(H,88,89)/t73?,74-,75+,76+/m0/s1. The summed E-state index contributed by atoms with van der Waals surface area (Å²) in [6, 6.07) is 0. The SMILES string of the molecule is CCCCCCCCCCCCCCCCCCCCCC(=O)OC[C@H](COP(=O)(O)OC[C@@H](O)COP(=O)(O)OC[C@@H](COC(=O)CCCCCCC)OC(=O)CCCCCCCCCCCCC(C)CC)OC(=O)CCCCCCCCCCCCCCCCCCCCC(C)C. The minimum atomic E-state index is -4.96. The topological polar surface area (TPSA) is 237 Å². The van der Waals surface area contributed by atoms with Crippen LogP contribution in [0.15, 0.2) is 0 Å². The van der Waals surface area contributed by atoms with E-state index in [4.69, 9.17) is 37.0 Å². The lowest BCUT2D eigenvalue weighted by Crippen LogP contribution is -2.30. The molecule has 0 heterocycles. The monoisotopic (exact) mass is 1450 g/mol. The molecule has 0 amide bonds. The number of phosphoric acid groups is 2. The summed E-state index contributed by atoms with van der Waals surface area (Å²) in [4.78, 5) is 72.7. The lowest BCUT2D eigenvalue weighted by molar-refractivity contribution is -0.161. The first kappa shape index (κ1) is 97.1. The van der Waals surface area contributed by atoms with Crippen molar-refractivity contribution in [2.24, 2.45) is 11.8 Å². The van der Waals surface area contributed by atoms with Crippen molar-refractivity contribution < 1.29 is 80.2 Å². The lowest BCUT2D eigenvalue weighted by Gasteiger charge is -2.21. The molecule has 0 aliphatic heterocycles. The van der Waals surface area contributed by atoms with Gasteiger partial charge in [0.25, 0.3) is 0 Å². The van der Waals surface area contributed by atoms with E-state index in [1.807, 2.05) is 0 Å². The number of aliphatic hydroxyl groups excluding tert-OH is 1. The minimum Gasteiger partial charge on any atom is -0.462 e. The van der Waals surface area contributed by atoms with Gasteiger partial charge in [-0.2, -0.15) is 0 Å². The first-order valence-corrected chi connectivity index (χ1v) is 44.5. The zero-order valence-electron chi connectivity index (χ0n) is 64.8. The fraction of sp³-hybridized carbons (Fsp3) is 0.950. The van der Waals surface area contributed by atoms with E-state index in [0.717, 1.165) is 108 Å². The molecule has 99 heavy (non-hydrogen) atoms. The number of carbonyl (C=O) groups is 4. The Morgan fingerprint density at radius 2 is 0.515 bits per heavy atom. The van der Waals surface area contributed by atoms with Crippen LogP contribution in [0, 0.1) is 11.8 Å². The predicted molar refractivity (Wildman–Crippen MR) is 405 cm³/mol. The molecule has 3 N–H and O–H groups in total. The van der Waals surface area contributed by atoms with Gasteiger partial charge in [0.2, 0.25) is 0 Å². The molecule has 0 fully saturated rings. The van der Waals surface area contributed by atoms with Gasteiger partial charge in [0.15, 0.2) is 12.2 Å². The largest absolute Gasteiger partial charge is 0.472 e. The quantitative estimate of drug-likeness (QED) is 0.0222. The molecular formula is C80H156O17P2. The van der Waals surface area contributed by atoms with Gasteiger partial charge in [0.1, 0.15) is 19.3 Å². The Labute approximate surface area is 607 Å². The Morgan fingerprint density at radius 1 is 0.293 bits per heavy atom. The normalized spacial score (nSPS) is 14.2. The number of unbranched alkanes of at least 4 members (excludes halogenated alkanes) is 48. The third-order valence-electron chi connectivity index (χ3n) is 19.1. The van der Waals surface area contributed by atoms with Crippen molar-refractivity contribution in [3.8, 4) is 0 Å². The number of rotatable bonds is 79. The van der Waals surface area contributed by atoms with E-state index < -0.39 is 97.5 Å². The maximum Gasteiger partial charge on any atom is 0.472 e. The van der Waals surface area contributed by atoms with Gasteiger partial charge in [-0.05, 0) is 37.5 Å². The average Bonchev–Trinajstić information content (AvgIpc) is 0.980. The minimum absolute atomic E-state index is 0.106. The molecule has 0 aromatic carbocycles. The zero-order valence-corrected chi connectivity index (χ0v) is 66.6. The molecule has 0 bridgehead atoms. The van der Waals surface area contributed by atoms with Crippen molar-refractivity contribution in [1.29, 1.82) is 0 Å². The van der Waals surface area contributed by atoms with Crippen LogP contribution in [-0.2, 0) is 65.4 Å². The Hall–Kier alpha value is -1.94. The van der Waals surface area contributed by atoms with E-state index in [0.29, 0.717) is 25.7 Å². The van der Waals surface area contributed by atoms with Crippen LogP contribution in [0.25, 0.3) is 0 Å². The van der Waals surface area contributed by atoms with Gasteiger partial charge in [-0.15, -0.1) is 0 Å². The van der Waals surface area contributed by atoms with Crippen LogP contribution < -0.4 is 0 Å². The lowest BCUT2D eigenvalue weighted by atomic mass is 9.99. The molecular weight excluding hydrogens is 1290 g/mol. The maximum absolute atomic E-state index is 13.1. The highest BCUT2D eigenvalue weighted by Gasteiger charge is 2.30. The summed E-state index contributed by atoms with van der Waals surface area (Å²) in [6.45, 7) is 9.59. The Bertz CT molecular complexity index is 1910. The highest BCUT2D eigenvalue weighted by atomic mass is 31.2. The number of esters is 4. The Morgan fingerprint density at radius 3 is 0.768 bits per heavy atom. The van der Waals surface area contributed by atoms with Crippen molar-refractivity contribution in [3.05, 3.63) is 0 Å². The fourth-order valence-electron chi connectivity index (χ4n) is 12.3.